The van der Waals surface area contributed by atoms with E-state index in [0.717, 1.165) is 17.1 Å². The van der Waals surface area contributed by atoms with E-state index in [4.69, 9.17) is 4.74 Å². The summed E-state index contributed by atoms with van der Waals surface area (Å²) in [5, 5.41) is 4.51. The molecule has 1 aromatic heterocycles. The minimum atomic E-state index is -0.127. The molecule has 1 unspecified atom stereocenters. The lowest BCUT2D eigenvalue weighted by Crippen LogP contribution is -2.33. The molecule has 2 aromatic carbocycles. The molecule has 0 bridgehead atoms. The van der Waals surface area contributed by atoms with Crippen LogP contribution in [0.1, 0.15) is 24.2 Å². The summed E-state index contributed by atoms with van der Waals surface area (Å²) in [6, 6.07) is 19.5. The van der Waals surface area contributed by atoms with Gasteiger partial charge in [0.1, 0.15) is 18.2 Å². The van der Waals surface area contributed by atoms with Gasteiger partial charge < -0.3 is 9.64 Å². The van der Waals surface area contributed by atoms with Crippen molar-refractivity contribution < 1.29 is 9.53 Å². The molecule has 7 nitrogen and oxygen atoms in total. The summed E-state index contributed by atoms with van der Waals surface area (Å²) in [6.07, 6.45) is 1.98. The van der Waals surface area contributed by atoms with Crippen molar-refractivity contribution in [3.05, 3.63) is 82.5 Å². The first-order valence-electron chi connectivity index (χ1n) is 10.7. The number of carbonyl (C=O) groups is 1. The monoisotopic (exact) mass is 420 g/mol. The van der Waals surface area contributed by atoms with Crippen LogP contribution in [0.3, 0.4) is 0 Å². The molecule has 0 radical (unpaired) electrons. The normalized spacial score (nSPS) is 15.7. The van der Waals surface area contributed by atoms with E-state index in [1.54, 1.807) is 9.47 Å². The highest BCUT2D eigenvalue weighted by molar-refractivity contribution is 5.78. The summed E-state index contributed by atoms with van der Waals surface area (Å²) in [4.78, 5) is 27.5. The van der Waals surface area contributed by atoms with Crippen LogP contribution in [0.15, 0.2) is 65.5 Å². The number of hydrogen-bond donors (Lipinski definition) is 0. The van der Waals surface area contributed by atoms with Gasteiger partial charge in [0.25, 0.3) is 0 Å². The van der Waals surface area contributed by atoms with Gasteiger partial charge in [-0.15, -0.1) is 0 Å². The van der Waals surface area contributed by atoms with Crippen LogP contribution in [0.25, 0.3) is 0 Å². The van der Waals surface area contributed by atoms with E-state index in [1.807, 2.05) is 67.7 Å². The average molecular weight is 421 g/mol. The third kappa shape index (κ3) is 5.05. The number of aryl methyl sites for hydroxylation is 1. The molecule has 1 amide bonds. The number of amides is 1. The van der Waals surface area contributed by atoms with Crippen molar-refractivity contribution in [1.29, 1.82) is 0 Å². The molecule has 162 valence electrons. The highest BCUT2D eigenvalue weighted by atomic mass is 16.5. The maximum atomic E-state index is 13.0. The summed E-state index contributed by atoms with van der Waals surface area (Å²) in [7, 11) is 1.85. The zero-order valence-electron chi connectivity index (χ0n) is 17.8. The summed E-state index contributed by atoms with van der Waals surface area (Å²) < 4.78 is 8.88. The summed E-state index contributed by atoms with van der Waals surface area (Å²) >= 11 is 0. The van der Waals surface area contributed by atoms with Crippen LogP contribution >= 0.6 is 0 Å². The number of carbonyl (C=O) groups excluding carboxylic acids is 1. The number of nitrogens with zero attached hydrogens (tertiary/aromatic N) is 4. The minimum absolute atomic E-state index is 0.0929. The second kappa shape index (κ2) is 9.64. The Morgan fingerprint density at radius 1 is 1.10 bits per heavy atom. The molecule has 7 heteroatoms. The fraction of sp³-hybridized carbons (Fsp3) is 0.375. The molecule has 0 N–H and O–H groups in total. The lowest BCUT2D eigenvalue weighted by molar-refractivity contribution is -0.135. The Balaban J connectivity index is 1.34. The number of para-hydroxylation sites is 1. The number of benzene rings is 2. The first-order valence-corrected chi connectivity index (χ1v) is 10.7. The molecule has 31 heavy (non-hydrogen) atoms. The van der Waals surface area contributed by atoms with Gasteiger partial charge in [-0.25, -0.2) is 9.48 Å². The highest BCUT2D eigenvalue weighted by Gasteiger charge is 2.27. The zero-order valence-corrected chi connectivity index (χ0v) is 17.8. The maximum absolute atomic E-state index is 13.0. The summed E-state index contributed by atoms with van der Waals surface area (Å²) in [5.41, 5.74) is 0.984. The number of hydrogen-bond acceptors (Lipinski definition) is 4. The topological polar surface area (TPSA) is 69.4 Å². The Kier molecular flexibility index (Phi) is 6.50. The van der Waals surface area contributed by atoms with E-state index >= 15 is 0 Å². The summed E-state index contributed by atoms with van der Waals surface area (Å²) in [5.74, 6) is 1.57. The van der Waals surface area contributed by atoms with Crippen LogP contribution in [0.2, 0.25) is 0 Å². The lowest BCUT2D eigenvalue weighted by atomic mass is 9.98. The molecule has 0 saturated heterocycles. The van der Waals surface area contributed by atoms with Crippen molar-refractivity contribution in [2.75, 3.05) is 13.7 Å². The smallest absolute Gasteiger partial charge is 0.346 e. The van der Waals surface area contributed by atoms with Gasteiger partial charge in [-0.1, -0.05) is 48.5 Å². The van der Waals surface area contributed by atoms with Crippen LogP contribution in [0, 0.1) is 5.92 Å². The van der Waals surface area contributed by atoms with Gasteiger partial charge in [-0.2, -0.15) is 5.10 Å². The van der Waals surface area contributed by atoms with Gasteiger partial charge in [0.2, 0.25) is 5.91 Å². The number of rotatable bonds is 7. The maximum Gasteiger partial charge on any atom is 0.346 e. The Labute approximate surface area is 181 Å². The third-order valence-corrected chi connectivity index (χ3v) is 5.72. The third-order valence-electron chi connectivity index (χ3n) is 5.72. The van der Waals surface area contributed by atoms with Gasteiger partial charge in [0.05, 0.1) is 6.54 Å². The van der Waals surface area contributed by atoms with Crippen LogP contribution in [-0.4, -0.2) is 38.8 Å². The fourth-order valence-corrected chi connectivity index (χ4v) is 4.03. The van der Waals surface area contributed by atoms with Gasteiger partial charge >= 0.3 is 5.69 Å². The van der Waals surface area contributed by atoms with Gasteiger partial charge in [0.15, 0.2) is 0 Å². The molecule has 3 aromatic rings. The predicted molar refractivity (Wildman–Crippen MR) is 118 cm³/mol. The van der Waals surface area contributed by atoms with Gasteiger partial charge in [-0.05, 0) is 30.5 Å². The fourth-order valence-electron chi connectivity index (χ4n) is 4.03. The molecule has 0 fully saturated rings. The van der Waals surface area contributed by atoms with E-state index in [2.05, 4.69) is 5.10 Å². The van der Waals surface area contributed by atoms with Crippen molar-refractivity contribution in [3.63, 3.8) is 0 Å². The largest absolute Gasteiger partial charge is 0.492 e. The van der Waals surface area contributed by atoms with Crippen LogP contribution < -0.4 is 10.4 Å². The Bertz CT molecular complexity index is 1060. The average Bonchev–Trinajstić information content (AvgIpc) is 2.96. The number of aromatic nitrogens is 3. The standard InChI is InChI=1S/C24H28N4O3/c1-26(18-19-8-4-2-5-9-19)23(29)20-12-13-22-25-28(24(30)27(22)15-14-20)16-17-31-21-10-6-3-7-11-21/h2-11,20H,12-18H2,1H3. The predicted octanol–water partition coefficient (Wildman–Crippen LogP) is 2.73. The molecule has 0 spiro atoms. The molecular weight excluding hydrogens is 392 g/mol. The molecule has 0 saturated carbocycles. The van der Waals surface area contributed by atoms with Crippen LogP contribution in [-0.2, 0) is 30.8 Å². The van der Waals surface area contributed by atoms with E-state index in [-0.39, 0.29) is 17.5 Å². The van der Waals surface area contributed by atoms with Crippen molar-refractivity contribution in [2.45, 2.75) is 38.9 Å². The van der Waals surface area contributed by atoms with E-state index < -0.39 is 0 Å². The Morgan fingerprint density at radius 3 is 2.55 bits per heavy atom. The Hall–Kier alpha value is -3.35. The lowest BCUT2D eigenvalue weighted by Gasteiger charge is -2.23. The number of fused-ring (bicyclic) bond motifs is 1. The second-order valence-corrected chi connectivity index (χ2v) is 7.94. The molecule has 0 aliphatic carbocycles. The van der Waals surface area contributed by atoms with E-state index in [1.165, 1.54) is 4.68 Å². The van der Waals surface area contributed by atoms with Crippen molar-refractivity contribution in [1.82, 2.24) is 19.2 Å². The highest BCUT2D eigenvalue weighted by Crippen LogP contribution is 2.21. The number of ether oxygens (including phenoxy) is 1. The first-order chi connectivity index (χ1) is 15.1. The van der Waals surface area contributed by atoms with E-state index in [0.29, 0.717) is 45.5 Å². The second-order valence-electron chi connectivity index (χ2n) is 7.94. The quantitative estimate of drug-likeness (QED) is 0.589. The summed E-state index contributed by atoms with van der Waals surface area (Å²) in [6.45, 7) is 1.89. The SMILES string of the molecule is CN(Cc1ccccc1)C(=O)C1CCc2nn(CCOc3ccccc3)c(=O)n2CC1. The minimum Gasteiger partial charge on any atom is -0.492 e. The van der Waals surface area contributed by atoms with Crippen LogP contribution in [0.4, 0.5) is 0 Å². The first kappa shape index (κ1) is 20.9. The van der Waals surface area contributed by atoms with Crippen molar-refractivity contribution in [2.24, 2.45) is 5.92 Å². The van der Waals surface area contributed by atoms with Crippen molar-refractivity contribution >= 4 is 5.91 Å². The zero-order chi connectivity index (χ0) is 21.6. The van der Waals surface area contributed by atoms with Crippen LogP contribution in [0.5, 0.6) is 5.75 Å². The molecular formula is C24H28N4O3. The van der Waals surface area contributed by atoms with Gasteiger partial charge in [-0.3, -0.25) is 9.36 Å². The Morgan fingerprint density at radius 2 is 1.81 bits per heavy atom. The van der Waals surface area contributed by atoms with E-state index in [9.17, 15) is 9.59 Å². The molecule has 1 aliphatic heterocycles. The molecule has 4 rings (SSSR count). The molecule has 1 atom stereocenters. The molecule has 1 aliphatic rings. The molecule has 2 heterocycles. The van der Waals surface area contributed by atoms with Crippen molar-refractivity contribution in [3.8, 4) is 5.75 Å². The van der Waals surface area contributed by atoms with Gasteiger partial charge in [0, 0.05) is 32.5 Å².